The van der Waals surface area contributed by atoms with Gasteiger partial charge in [0.15, 0.2) is 0 Å². The lowest BCUT2D eigenvalue weighted by molar-refractivity contribution is -0.115. The first kappa shape index (κ1) is 19.8. The van der Waals surface area contributed by atoms with Crippen molar-refractivity contribution < 1.29 is 14.3 Å². The van der Waals surface area contributed by atoms with Crippen LogP contribution in [-0.4, -0.2) is 21.8 Å². The molecule has 7 heteroatoms. The van der Waals surface area contributed by atoms with Crippen LogP contribution in [0.4, 0.5) is 5.69 Å². The molecule has 0 saturated carbocycles. The molecule has 30 heavy (non-hydrogen) atoms. The summed E-state index contributed by atoms with van der Waals surface area (Å²) in [5, 5.41) is 6.23. The van der Waals surface area contributed by atoms with E-state index in [4.69, 9.17) is 4.74 Å². The van der Waals surface area contributed by atoms with E-state index in [0.717, 1.165) is 27.8 Å². The zero-order valence-corrected chi connectivity index (χ0v) is 17.5. The first-order chi connectivity index (χ1) is 14.5. The number of aromatic nitrogens is 2. The molecule has 2 N–H and O–H groups in total. The lowest BCUT2D eigenvalue weighted by atomic mass is 10.1. The predicted octanol–water partition coefficient (Wildman–Crippen LogP) is 4.78. The summed E-state index contributed by atoms with van der Waals surface area (Å²) >= 11 is 1.38. The molecule has 0 bridgehead atoms. The fourth-order valence-electron chi connectivity index (χ4n) is 3.29. The van der Waals surface area contributed by atoms with Crippen LogP contribution in [-0.2, 0) is 22.6 Å². The Kier molecular flexibility index (Phi) is 5.63. The van der Waals surface area contributed by atoms with Crippen molar-refractivity contribution in [2.75, 3.05) is 5.32 Å². The Morgan fingerprint density at radius 2 is 1.87 bits per heavy atom. The Bertz CT molecular complexity index is 1230. The second kappa shape index (κ2) is 8.51. The standard InChI is InChI=1S/C23H21N3O3S/c1-14-7-3-5-9-18(14)26-20(27)11-21-25-16(13-30-21)12-29-23(28)22-15(2)24-19-10-6-4-8-17(19)22/h3-10,13,24H,11-12H2,1-2H3,(H,26,27). The number of esters is 1. The molecule has 2 aromatic heterocycles. The number of rotatable bonds is 6. The van der Waals surface area contributed by atoms with Gasteiger partial charge >= 0.3 is 5.97 Å². The highest BCUT2D eigenvalue weighted by molar-refractivity contribution is 7.09. The van der Waals surface area contributed by atoms with Gasteiger partial charge in [-0.1, -0.05) is 36.4 Å². The van der Waals surface area contributed by atoms with Gasteiger partial charge in [0.05, 0.1) is 17.7 Å². The molecule has 1 amide bonds. The first-order valence-electron chi connectivity index (χ1n) is 9.54. The molecule has 4 rings (SSSR count). The topological polar surface area (TPSA) is 84.1 Å². The second-order valence-electron chi connectivity index (χ2n) is 7.02. The van der Waals surface area contributed by atoms with E-state index < -0.39 is 5.97 Å². The number of benzene rings is 2. The van der Waals surface area contributed by atoms with Crippen molar-refractivity contribution in [2.45, 2.75) is 26.9 Å². The van der Waals surface area contributed by atoms with Gasteiger partial charge in [0.25, 0.3) is 0 Å². The maximum absolute atomic E-state index is 12.6. The molecule has 0 saturated heterocycles. The third-order valence-electron chi connectivity index (χ3n) is 4.78. The number of aryl methyl sites for hydroxylation is 2. The Hall–Kier alpha value is -3.45. The third-order valence-corrected chi connectivity index (χ3v) is 5.68. The lowest BCUT2D eigenvalue weighted by Crippen LogP contribution is -2.15. The van der Waals surface area contributed by atoms with Gasteiger partial charge in [-0.25, -0.2) is 9.78 Å². The van der Waals surface area contributed by atoms with E-state index in [0.29, 0.717) is 16.3 Å². The molecule has 0 aliphatic carbocycles. The van der Waals surface area contributed by atoms with Crippen molar-refractivity contribution >= 4 is 39.8 Å². The predicted molar refractivity (Wildman–Crippen MR) is 118 cm³/mol. The van der Waals surface area contributed by atoms with Crippen molar-refractivity contribution in [1.29, 1.82) is 0 Å². The summed E-state index contributed by atoms with van der Waals surface area (Å²) in [4.78, 5) is 32.5. The van der Waals surface area contributed by atoms with Gasteiger partial charge in [-0.05, 0) is 31.5 Å². The van der Waals surface area contributed by atoms with Gasteiger partial charge in [-0.15, -0.1) is 11.3 Å². The van der Waals surface area contributed by atoms with Crippen LogP contribution in [0.3, 0.4) is 0 Å². The van der Waals surface area contributed by atoms with Crippen molar-refractivity contribution in [3.63, 3.8) is 0 Å². The number of hydrogen-bond acceptors (Lipinski definition) is 5. The molecule has 0 atom stereocenters. The molecule has 0 unspecified atom stereocenters. The maximum Gasteiger partial charge on any atom is 0.340 e. The highest BCUT2D eigenvalue weighted by Crippen LogP contribution is 2.23. The van der Waals surface area contributed by atoms with E-state index in [2.05, 4.69) is 15.3 Å². The molecule has 0 radical (unpaired) electrons. The number of fused-ring (bicyclic) bond motifs is 1. The van der Waals surface area contributed by atoms with Crippen LogP contribution in [0.25, 0.3) is 10.9 Å². The SMILES string of the molecule is Cc1ccccc1NC(=O)Cc1nc(COC(=O)c2c(C)[nH]c3ccccc23)cs1. The van der Waals surface area contributed by atoms with Crippen LogP contribution < -0.4 is 5.32 Å². The Balaban J connectivity index is 1.36. The maximum atomic E-state index is 12.6. The fourth-order valence-corrected chi connectivity index (χ4v) is 4.07. The van der Waals surface area contributed by atoms with Gasteiger partial charge in [-0.2, -0.15) is 0 Å². The molecule has 152 valence electrons. The van der Waals surface area contributed by atoms with Crippen LogP contribution in [0.1, 0.15) is 32.3 Å². The van der Waals surface area contributed by atoms with Crippen LogP contribution >= 0.6 is 11.3 Å². The van der Waals surface area contributed by atoms with E-state index in [9.17, 15) is 9.59 Å². The van der Waals surface area contributed by atoms with Gasteiger partial charge in [-0.3, -0.25) is 4.79 Å². The van der Waals surface area contributed by atoms with Gasteiger partial charge in [0, 0.05) is 27.7 Å². The monoisotopic (exact) mass is 419 g/mol. The largest absolute Gasteiger partial charge is 0.455 e. The number of ether oxygens (including phenoxy) is 1. The number of hydrogen-bond donors (Lipinski definition) is 2. The average Bonchev–Trinajstić information content (AvgIpc) is 3.30. The quantitative estimate of drug-likeness (QED) is 0.441. The van der Waals surface area contributed by atoms with Crippen molar-refractivity contribution in [1.82, 2.24) is 9.97 Å². The zero-order chi connectivity index (χ0) is 21.1. The Morgan fingerprint density at radius 3 is 2.70 bits per heavy atom. The van der Waals surface area contributed by atoms with E-state index in [1.807, 2.05) is 67.8 Å². The number of aromatic amines is 1. The summed E-state index contributed by atoms with van der Waals surface area (Å²) in [6, 6.07) is 15.2. The van der Waals surface area contributed by atoms with Crippen LogP contribution in [0.5, 0.6) is 0 Å². The molecule has 0 aliphatic heterocycles. The minimum Gasteiger partial charge on any atom is -0.455 e. The second-order valence-corrected chi connectivity index (χ2v) is 7.96. The average molecular weight is 420 g/mol. The number of anilines is 1. The van der Waals surface area contributed by atoms with Gasteiger partial charge in [0.2, 0.25) is 5.91 Å². The minimum absolute atomic E-state index is 0.0632. The number of thiazole rings is 1. The number of para-hydroxylation sites is 2. The van der Waals surface area contributed by atoms with E-state index >= 15 is 0 Å². The van der Waals surface area contributed by atoms with Crippen molar-refractivity contribution in [2.24, 2.45) is 0 Å². The van der Waals surface area contributed by atoms with Gasteiger partial charge in [0.1, 0.15) is 11.6 Å². The first-order valence-corrected chi connectivity index (χ1v) is 10.4. The summed E-state index contributed by atoms with van der Waals surface area (Å²) in [5.41, 5.74) is 4.64. The summed E-state index contributed by atoms with van der Waals surface area (Å²) in [6.45, 7) is 3.86. The number of nitrogens with one attached hydrogen (secondary N) is 2. The molecule has 0 spiro atoms. The number of carbonyl (C=O) groups excluding carboxylic acids is 2. The molecule has 0 aliphatic rings. The number of amides is 1. The summed E-state index contributed by atoms with van der Waals surface area (Å²) in [7, 11) is 0. The Labute approximate surface area is 177 Å². The van der Waals surface area contributed by atoms with Crippen LogP contribution in [0.2, 0.25) is 0 Å². The number of H-pyrrole nitrogens is 1. The zero-order valence-electron chi connectivity index (χ0n) is 16.7. The normalized spacial score (nSPS) is 10.9. The molecule has 4 aromatic rings. The molecule has 6 nitrogen and oxygen atoms in total. The minimum atomic E-state index is -0.392. The molecule has 0 fully saturated rings. The molecule has 2 heterocycles. The third kappa shape index (κ3) is 4.26. The molecular weight excluding hydrogens is 398 g/mol. The van der Waals surface area contributed by atoms with E-state index in [-0.39, 0.29) is 18.9 Å². The molecular formula is C23H21N3O3S. The van der Waals surface area contributed by atoms with Crippen LogP contribution in [0, 0.1) is 13.8 Å². The van der Waals surface area contributed by atoms with Gasteiger partial charge < -0.3 is 15.0 Å². The van der Waals surface area contributed by atoms with E-state index in [1.54, 1.807) is 0 Å². The smallest absolute Gasteiger partial charge is 0.340 e. The summed E-state index contributed by atoms with van der Waals surface area (Å²) in [5.74, 6) is -0.520. The molecule has 2 aromatic carbocycles. The Morgan fingerprint density at radius 1 is 1.10 bits per heavy atom. The van der Waals surface area contributed by atoms with Crippen molar-refractivity contribution in [3.05, 3.63) is 81.4 Å². The summed E-state index contributed by atoms with van der Waals surface area (Å²) < 4.78 is 5.48. The highest BCUT2D eigenvalue weighted by atomic mass is 32.1. The number of nitrogens with zero attached hydrogens (tertiary/aromatic N) is 1. The van der Waals surface area contributed by atoms with Crippen molar-refractivity contribution in [3.8, 4) is 0 Å². The fraction of sp³-hybridized carbons (Fsp3) is 0.174. The highest BCUT2D eigenvalue weighted by Gasteiger charge is 2.18. The van der Waals surface area contributed by atoms with Crippen LogP contribution in [0.15, 0.2) is 53.9 Å². The van der Waals surface area contributed by atoms with E-state index in [1.165, 1.54) is 11.3 Å². The summed E-state index contributed by atoms with van der Waals surface area (Å²) in [6.07, 6.45) is 0.175. The number of carbonyl (C=O) groups is 2. The lowest BCUT2D eigenvalue weighted by Gasteiger charge is -2.06.